The van der Waals surface area contributed by atoms with Crippen LogP contribution in [-0.2, 0) is 23.9 Å². The summed E-state index contributed by atoms with van der Waals surface area (Å²) >= 11 is 0. The largest absolute Gasteiger partial charge is 0.493 e. The van der Waals surface area contributed by atoms with E-state index in [1.54, 1.807) is 20.8 Å². The highest BCUT2D eigenvalue weighted by Crippen LogP contribution is 2.51. The molecule has 1 saturated carbocycles. The van der Waals surface area contributed by atoms with Gasteiger partial charge in [-0.1, -0.05) is 13.8 Å². The molecule has 0 N–H and O–H groups in total. The highest BCUT2D eigenvalue weighted by molar-refractivity contribution is 6.14. The molecule has 122 valence electrons. The first-order valence-corrected chi connectivity index (χ1v) is 7.82. The Kier molecular flexibility index (Phi) is 4.45. The van der Waals surface area contributed by atoms with Crippen molar-refractivity contribution in [1.82, 2.24) is 0 Å². The van der Waals surface area contributed by atoms with Crippen LogP contribution in [0.5, 0.6) is 0 Å². The minimum atomic E-state index is -0.994. The number of carbonyl (C=O) groups is 3. The second-order valence-electron chi connectivity index (χ2n) is 6.50. The standard InChI is InChI=1S/C17H24O5/c1-6-12(18)22-11-8-7-9(2)13-14(19)15(21-5)10(3)16(20)17(11,13)4/h9,11,13H,6-8H2,1-5H3/t9-,11+,13-,17+/m1/s1. The van der Waals surface area contributed by atoms with Crippen LogP contribution in [-0.4, -0.2) is 30.7 Å². The molecule has 5 nitrogen and oxygen atoms in total. The predicted molar refractivity (Wildman–Crippen MR) is 79.9 cm³/mol. The number of carbonyl (C=O) groups excluding carboxylic acids is 3. The molecule has 0 saturated heterocycles. The van der Waals surface area contributed by atoms with Crippen LogP contribution in [0.25, 0.3) is 0 Å². The molecular weight excluding hydrogens is 284 g/mol. The molecule has 0 heterocycles. The van der Waals surface area contributed by atoms with Crippen LogP contribution >= 0.6 is 0 Å². The number of ether oxygens (including phenoxy) is 2. The van der Waals surface area contributed by atoms with E-state index in [-0.39, 0.29) is 35.6 Å². The summed E-state index contributed by atoms with van der Waals surface area (Å²) in [6, 6.07) is 0. The van der Waals surface area contributed by atoms with E-state index in [0.717, 1.165) is 6.42 Å². The Balaban J connectivity index is 2.51. The lowest BCUT2D eigenvalue weighted by atomic mass is 9.54. The van der Waals surface area contributed by atoms with Gasteiger partial charge in [0.05, 0.1) is 12.5 Å². The molecule has 2 rings (SSSR count). The number of hydrogen-bond donors (Lipinski definition) is 0. The SMILES string of the molecule is CCC(=O)O[C@H]1CC[C@@H](C)[C@@H]2C(=O)C(OC)=C(C)C(=O)[C@@]12C. The maximum absolute atomic E-state index is 12.9. The third kappa shape index (κ3) is 2.27. The Morgan fingerprint density at radius 1 is 1.32 bits per heavy atom. The second kappa shape index (κ2) is 5.86. The minimum absolute atomic E-state index is 0.0521. The summed E-state index contributed by atoms with van der Waals surface area (Å²) in [5.74, 6) is -0.916. The predicted octanol–water partition coefficient (Wildman–Crippen LogP) is 2.43. The van der Waals surface area contributed by atoms with Gasteiger partial charge in [-0.15, -0.1) is 0 Å². The van der Waals surface area contributed by atoms with Gasteiger partial charge in [-0.3, -0.25) is 14.4 Å². The maximum Gasteiger partial charge on any atom is 0.305 e. The summed E-state index contributed by atoms with van der Waals surface area (Å²) in [6.07, 6.45) is 1.06. The van der Waals surface area contributed by atoms with Crippen molar-refractivity contribution in [3.8, 4) is 0 Å². The lowest BCUT2D eigenvalue weighted by molar-refractivity contribution is -0.174. The van der Waals surface area contributed by atoms with Gasteiger partial charge in [-0.25, -0.2) is 0 Å². The third-order valence-electron chi connectivity index (χ3n) is 5.21. The zero-order chi connectivity index (χ0) is 16.7. The Labute approximate surface area is 131 Å². The van der Waals surface area contributed by atoms with Gasteiger partial charge in [-0.05, 0) is 32.6 Å². The maximum atomic E-state index is 12.9. The monoisotopic (exact) mass is 308 g/mol. The Morgan fingerprint density at radius 2 is 1.95 bits per heavy atom. The van der Waals surface area contributed by atoms with Crippen LogP contribution in [0.15, 0.2) is 11.3 Å². The van der Waals surface area contributed by atoms with Crippen molar-refractivity contribution in [3.05, 3.63) is 11.3 Å². The summed E-state index contributed by atoms with van der Waals surface area (Å²) in [4.78, 5) is 37.4. The molecule has 5 heteroatoms. The summed E-state index contributed by atoms with van der Waals surface area (Å²) in [7, 11) is 1.41. The van der Waals surface area contributed by atoms with E-state index in [0.29, 0.717) is 12.0 Å². The van der Waals surface area contributed by atoms with E-state index in [2.05, 4.69) is 0 Å². The van der Waals surface area contributed by atoms with Crippen molar-refractivity contribution in [2.75, 3.05) is 7.11 Å². The summed E-state index contributed by atoms with van der Waals surface area (Å²) < 4.78 is 10.7. The molecule has 0 aromatic carbocycles. The second-order valence-corrected chi connectivity index (χ2v) is 6.50. The normalized spacial score (nSPS) is 35.2. The number of ketones is 2. The van der Waals surface area contributed by atoms with Crippen LogP contribution in [0, 0.1) is 17.3 Å². The summed E-state index contributed by atoms with van der Waals surface area (Å²) in [6.45, 7) is 7.06. The molecule has 0 aromatic rings. The fourth-order valence-corrected chi connectivity index (χ4v) is 4.00. The van der Waals surface area contributed by atoms with Crippen LogP contribution in [0.2, 0.25) is 0 Å². The number of esters is 1. The van der Waals surface area contributed by atoms with Crippen molar-refractivity contribution in [1.29, 1.82) is 0 Å². The fraction of sp³-hybridized carbons (Fsp3) is 0.706. The van der Waals surface area contributed by atoms with Gasteiger partial charge in [0.15, 0.2) is 11.5 Å². The number of fused-ring (bicyclic) bond motifs is 1. The van der Waals surface area contributed by atoms with Gasteiger partial charge in [0.2, 0.25) is 5.78 Å². The summed E-state index contributed by atoms with van der Waals surface area (Å²) in [5, 5.41) is 0. The molecule has 2 aliphatic rings. The molecular formula is C17H24O5. The molecule has 0 bridgehead atoms. The highest BCUT2D eigenvalue weighted by atomic mass is 16.5. The van der Waals surface area contributed by atoms with Gasteiger partial charge < -0.3 is 9.47 Å². The molecule has 4 atom stereocenters. The molecule has 0 radical (unpaired) electrons. The first kappa shape index (κ1) is 16.7. The Bertz CT molecular complexity index is 547. The van der Waals surface area contributed by atoms with Crippen molar-refractivity contribution >= 4 is 17.5 Å². The smallest absolute Gasteiger partial charge is 0.305 e. The van der Waals surface area contributed by atoms with Crippen molar-refractivity contribution in [2.45, 2.75) is 53.1 Å². The van der Waals surface area contributed by atoms with E-state index >= 15 is 0 Å². The van der Waals surface area contributed by atoms with Crippen LogP contribution < -0.4 is 0 Å². The average Bonchev–Trinajstić information content (AvgIpc) is 2.48. The van der Waals surface area contributed by atoms with E-state index < -0.39 is 17.4 Å². The van der Waals surface area contributed by atoms with E-state index in [1.807, 2.05) is 6.92 Å². The van der Waals surface area contributed by atoms with Crippen LogP contribution in [0.4, 0.5) is 0 Å². The van der Waals surface area contributed by atoms with E-state index in [1.165, 1.54) is 7.11 Å². The molecule has 0 amide bonds. The zero-order valence-electron chi connectivity index (χ0n) is 13.9. The van der Waals surface area contributed by atoms with E-state index in [9.17, 15) is 14.4 Å². The molecule has 1 fully saturated rings. The lowest BCUT2D eigenvalue weighted by Gasteiger charge is -2.49. The van der Waals surface area contributed by atoms with Gasteiger partial charge in [0, 0.05) is 17.9 Å². The number of allylic oxidation sites excluding steroid dienone is 2. The molecule has 0 unspecified atom stereocenters. The quantitative estimate of drug-likeness (QED) is 0.749. The molecule has 0 aromatic heterocycles. The topological polar surface area (TPSA) is 69.7 Å². The fourth-order valence-electron chi connectivity index (χ4n) is 4.00. The first-order valence-electron chi connectivity index (χ1n) is 7.82. The number of methoxy groups -OCH3 is 1. The zero-order valence-corrected chi connectivity index (χ0v) is 13.9. The lowest BCUT2D eigenvalue weighted by Crippen LogP contribution is -2.58. The molecule has 2 aliphatic carbocycles. The molecule has 0 spiro atoms. The molecule has 0 aliphatic heterocycles. The van der Waals surface area contributed by atoms with Crippen LogP contribution in [0.3, 0.4) is 0 Å². The first-order chi connectivity index (χ1) is 10.3. The number of hydrogen-bond acceptors (Lipinski definition) is 5. The van der Waals surface area contributed by atoms with Crippen molar-refractivity contribution in [2.24, 2.45) is 17.3 Å². The van der Waals surface area contributed by atoms with Crippen molar-refractivity contribution < 1.29 is 23.9 Å². The van der Waals surface area contributed by atoms with E-state index in [4.69, 9.17) is 9.47 Å². The summed E-state index contributed by atoms with van der Waals surface area (Å²) in [5.41, 5.74) is -0.663. The Hall–Kier alpha value is -1.65. The number of Topliss-reactive ketones (excluding diaryl/α,β-unsaturated/α-hetero) is 2. The minimum Gasteiger partial charge on any atom is -0.493 e. The highest BCUT2D eigenvalue weighted by Gasteiger charge is 2.60. The third-order valence-corrected chi connectivity index (χ3v) is 5.21. The molecule has 22 heavy (non-hydrogen) atoms. The number of rotatable bonds is 3. The average molecular weight is 308 g/mol. The van der Waals surface area contributed by atoms with Gasteiger partial charge >= 0.3 is 5.97 Å². The van der Waals surface area contributed by atoms with Crippen LogP contribution in [0.1, 0.15) is 47.0 Å². The Morgan fingerprint density at radius 3 is 2.50 bits per heavy atom. The van der Waals surface area contributed by atoms with Gasteiger partial charge in [0.1, 0.15) is 6.10 Å². The van der Waals surface area contributed by atoms with Gasteiger partial charge in [0.25, 0.3) is 0 Å². The van der Waals surface area contributed by atoms with Crippen molar-refractivity contribution in [3.63, 3.8) is 0 Å². The van der Waals surface area contributed by atoms with Gasteiger partial charge in [-0.2, -0.15) is 0 Å².